The fraction of sp³-hybridized carbons (Fsp3) is 0.176. The molecule has 1 N–H and O–H groups in total. The SMILES string of the molecule is COc1cc2c(cc1OC)N(c1ccc3[nH]ncc3c1)C(Cl)N=C2. The number of benzene rings is 2. The first-order chi connectivity index (χ1) is 11.7. The summed E-state index contributed by atoms with van der Waals surface area (Å²) in [4.78, 5) is 6.32. The van der Waals surface area contributed by atoms with Crippen molar-refractivity contribution in [3.63, 3.8) is 0 Å². The average molecular weight is 343 g/mol. The number of methoxy groups -OCH3 is 2. The lowest BCUT2D eigenvalue weighted by atomic mass is 10.1. The molecule has 0 spiro atoms. The van der Waals surface area contributed by atoms with Gasteiger partial charge in [0.1, 0.15) is 0 Å². The average Bonchev–Trinajstić information content (AvgIpc) is 3.08. The summed E-state index contributed by atoms with van der Waals surface area (Å²) in [6.45, 7) is 0. The first-order valence-corrected chi connectivity index (χ1v) is 7.80. The molecule has 1 aromatic heterocycles. The summed E-state index contributed by atoms with van der Waals surface area (Å²) in [5.74, 6) is 1.30. The van der Waals surface area contributed by atoms with Crippen LogP contribution in [0, 0.1) is 0 Å². The molecule has 0 fully saturated rings. The predicted octanol–water partition coefficient (Wildman–Crippen LogP) is 3.67. The van der Waals surface area contributed by atoms with E-state index in [4.69, 9.17) is 21.1 Å². The molecule has 24 heavy (non-hydrogen) atoms. The van der Waals surface area contributed by atoms with Gasteiger partial charge in [-0.25, -0.2) is 0 Å². The molecule has 3 aromatic rings. The third-order valence-corrected chi connectivity index (χ3v) is 4.35. The van der Waals surface area contributed by atoms with Crippen molar-refractivity contribution in [1.82, 2.24) is 10.2 Å². The van der Waals surface area contributed by atoms with Gasteiger partial charge in [0.2, 0.25) is 5.62 Å². The van der Waals surface area contributed by atoms with E-state index in [-0.39, 0.29) is 0 Å². The minimum atomic E-state index is -0.542. The number of aliphatic imine (C=N–C) groups is 1. The zero-order valence-electron chi connectivity index (χ0n) is 13.2. The second-order valence-electron chi connectivity index (χ2n) is 5.37. The van der Waals surface area contributed by atoms with E-state index in [9.17, 15) is 0 Å². The molecule has 0 saturated heterocycles. The maximum Gasteiger partial charge on any atom is 0.201 e. The second kappa shape index (κ2) is 5.72. The summed E-state index contributed by atoms with van der Waals surface area (Å²) in [6, 6.07) is 9.78. The number of nitrogens with one attached hydrogen (secondary N) is 1. The highest BCUT2D eigenvalue weighted by Crippen LogP contribution is 2.41. The van der Waals surface area contributed by atoms with Crippen LogP contribution in [-0.4, -0.2) is 36.3 Å². The number of fused-ring (bicyclic) bond motifs is 2. The number of rotatable bonds is 3. The first-order valence-electron chi connectivity index (χ1n) is 7.37. The normalized spacial score (nSPS) is 16.3. The zero-order valence-corrected chi connectivity index (χ0v) is 13.9. The highest BCUT2D eigenvalue weighted by atomic mass is 35.5. The minimum absolute atomic E-state index is 0.542. The maximum atomic E-state index is 6.47. The van der Waals surface area contributed by atoms with Crippen LogP contribution in [0.5, 0.6) is 11.5 Å². The van der Waals surface area contributed by atoms with E-state index in [1.165, 1.54) is 0 Å². The minimum Gasteiger partial charge on any atom is -0.493 e. The van der Waals surface area contributed by atoms with E-state index in [1.54, 1.807) is 26.6 Å². The summed E-state index contributed by atoms with van der Waals surface area (Å²) in [5, 5.41) is 8.01. The van der Waals surface area contributed by atoms with Gasteiger partial charge in [0.05, 0.1) is 31.6 Å². The van der Waals surface area contributed by atoms with Crippen molar-refractivity contribution in [1.29, 1.82) is 0 Å². The molecule has 0 aliphatic carbocycles. The Hall–Kier alpha value is -2.73. The number of hydrogen-bond acceptors (Lipinski definition) is 5. The summed E-state index contributed by atoms with van der Waals surface area (Å²) >= 11 is 6.47. The summed E-state index contributed by atoms with van der Waals surface area (Å²) < 4.78 is 10.8. The fourth-order valence-corrected chi connectivity index (χ4v) is 3.14. The van der Waals surface area contributed by atoms with Crippen LogP contribution in [0.1, 0.15) is 5.56 Å². The molecule has 1 unspecified atom stereocenters. The molecule has 2 heterocycles. The number of aromatic nitrogens is 2. The van der Waals surface area contributed by atoms with E-state index in [0.29, 0.717) is 11.5 Å². The first kappa shape index (κ1) is 14.8. The molecule has 4 rings (SSSR count). The molecule has 122 valence electrons. The summed E-state index contributed by atoms with van der Waals surface area (Å²) in [6.07, 6.45) is 3.53. The van der Waals surface area contributed by atoms with E-state index in [1.807, 2.05) is 35.2 Å². The molecule has 0 bridgehead atoms. The van der Waals surface area contributed by atoms with Crippen molar-refractivity contribution in [2.45, 2.75) is 5.62 Å². The zero-order chi connectivity index (χ0) is 16.7. The monoisotopic (exact) mass is 342 g/mol. The molecule has 0 saturated carbocycles. The Balaban J connectivity index is 1.88. The molecular formula is C17H15ClN4O2. The van der Waals surface area contributed by atoms with Crippen molar-refractivity contribution >= 4 is 40.1 Å². The summed E-state index contributed by atoms with van der Waals surface area (Å²) in [5.41, 5.74) is 3.18. The number of nitrogens with zero attached hydrogens (tertiary/aromatic N) is 3. The van der Waals surface area contributed by atoms with Crippen molar-refractivity contribution < 1.29 is 9.47 Å². The van der Waals surface area contributed by atoms with Crippen LogP contribution < -0.4 is 14.4 Å². The Bertz CT molecular complexity index is 937. The summed E-state index contributed by atoms with van der Waals surface area (Å²) in [7, 11) is 3.22. The van der Waals surface area contributed by atoms with Gasteiger partial charge in [0.15, 0.2) is 11.5 Å². The number of hydrogen-bond donors (Lipinski definition) is 1. The van der Waals surface area contributed by atoms with E-state index < -0.39 is 5.62 Å². The molecule has 2 aromatic carbocycles. The van der Waals surface area contributed by atoms with E-state index in [2.05, 4.69) is 15.2 Å². The standard InChI is InChI=1S/C17H15ClN4O2/c1-23-15-6-11-8-19-17(18)22(14(11)7-16(15)24-2)12-3-4-13-10(5-12)9-20-21-13/h3-9,17H,1-2H3,(H,20,21). The lowest BCUT2D eigenvalue weighted by Gasteiger charge is -2.32. The second-order valence-corrected chi connectivity index (χ2v) is 5.76. The van der Waals surface area contributed by atoms with Crippen molar-refractivity contribution in [3.05, 3.63) is 42.1 Å². The number of halogens is 1. The Morgan fingerprint density at radius 3 is 2.71 bits per heavy atom. The van der Waals surface area contributed by atoms with Crippen molar-refractivity contribution in [2.24, 2.45) is 4.99 Å². The van der Waals surface area contributed by atoms with Gasteiger partial charge in [-0.2, -0.15) is 5.10 Å². The third-order valence-electron chi connectivity index (χ3n) is 4.04. The maximum absolute atomic E-state index is 6.47. The Kier molecular flexibility index (Phi) is 3.54. The van der Waals surface area contributed by atoms with Crippen LogP contribution in [0.2, 0.25) is 0 Å². The molecular weight excluding hydrogens is 328 g/mol. The molecule has 6 nitrogen and oxygen atoms in total. The van der Waals surface area contributed by atoms with Crippen LogP contribution in [0.3, 0.4) is 0 Å². The highest BCUT2D eigenvalue weighted by Gasteiger charge is 2.25. The Morgan fingerprint density at radius 2 is 1.92 bits per heavy atom. The topological polar surface area (TPSA) is 62.7 Å². The van der Waals surface area contributed by atoms with Crippen LogP contribution >= 0.6 is 11.6 Å². The largest absolute Gasteiger partial charge is 0.493 e. The predicted molar refractivity (Wildman–Crippen MR) is 95.0 cm³/mol. The van der Waals surface area contributed by atoms with Gasteiger partial charge in [-0.05, 0) is 24.3 Å². The number of alkyl halides is 1. The number of anilines is 2. The van der Waals surface area contributed by atoms with Gasteiger partial charge < -0.3 is 14.4 Å². The van der Waals surface area contributed by atoms with Gasteiger partial charge >= 0.3 is 0 Å². The van der Waals surface area contributed by atoms with E-state index >= 15 is 0 Å². The van der Waals surface area contributed by atoms with Gasteiger partial charge in [0.25, 0.3) is 0 Å². The van der Waals surface area contributed by atoms with Gasteiger partial charge in [-0.15, -0.1) is 0 Å². The van der Waals surface area contributed by atoms with Crippen LogP contribution in [0.4, 0.5) is 11.4 Å². The number of ether oxygens (including phenoxy) is 2. The van der Waals surface area contributed by atoms with Gasteiger partial charge in [0, 0.05) is 28.9 Å². The Labute approximate surface area is 143 Å². The van der Waals surface area contributed by atoms with Crippen LogP contribution in [-0.2, 0) is 0 Å². The molecule has 1 aliphatic heterocycles. The number of H-pyrrole nitrogens is 1. The Morgan fingerprint density at radius 1 is 1.12 bits per heavy atom. The van der Waals surface area contributed by atoms with Gasteiger partial charge in [-0.3, -0.25) is 10.1 Å². The molecule has 0 amide bonds. The fourth-order valence-electron chi connectivity index (χ4n) is 2.86. The lowest BCUT2D eigenvalue weighted by molar-refractivity contribution is 0.355. The molecule has 7 heteroatoms. The number of aromatic amines is 1. The van der Waals surface area contributed by atoms with Crippen LogP contribution in [0.15, 0.2) is 41.5 Å². The van der Waals surface area contributed by atoms with Crippen molar-refractivity contribution in [2.75, 3.05) is 19.1 Å². The highest BCUT2D eigenvalue weighted by molar-refractivity contribution is 6.23. The molecule has 1 aliphatic rings. The van der Waals surface area contributed by atoms with Crippen LogP contribution in [0.25, 0.3) is 10.9 Å². The van der Waals surface area contributed by atoms with E-state index in [0.717, 1.165) is 27.8 Å². The smallest absolute Gasteiger partial charge is 0.201 e. The third kappa shape index (κ3) is 2.27. The van der Waals surface area contributed by atoms with Gasteiger partial charge in [-0.1, -0.05) is 11.6 Å². The molecule has 0 radical (unpaired) electrons. The molecule has 1 atom stereocenters. The van der Waals surface area contributed by atoms with Crippen molar-refractivity contribution in [3.8, 4) is 11.5 Å². The quantitative estimate of drug-likeness (QED) is 0.582. The lowest BCUT2D eigenvalue weighted by Crippen LogP contribution is -2.28.